The Morgan fingerprint density at radius 1 is 1.22 bits per heavy atom. The first kappa shape index (κ1) is 12.0. The van der Waals surface area contributed by atoms with Crippen LogP contribution in [0.25, 0.3) is 11.6 Å². The number of primary amides is 1. The van der Waals surface area contributed by atoms with E-state index >= 15 is 0 Å². The Morgan fingerprint density at radius 3 is 2.61 bits per heavy atom. The summed E-state index contributed by atoms with van der Waals surface area (Å²) >= 11 is 0. The Balaban J connectivity index is 2.42. The smallest absolute Gasteiger partial charge is 0.250 e. The monoisotopic (exact) mass is 238 g/mol. The Labute approximate surface area is 106 Å². The van der Waals surface area contributed by atoms with E-state index in [0.29, 0.717) is 5.56 Å². The zero-order valence-electron chi connectivity index (χ0n) is 10.1. The van der Waals surface area contributed by atoms with E-state index < -0.39 is 5.91 Å². The zero-order chi connectivity index (χ0) is 13.0. The molecule has 1 aromatic carbocycles. The van der Waals surface area contributed by atoms with Gasteiger partial charge in [-0.3, -0.25) is 9.78 Å². The number of nitrogens with two attached hydrogens (primary N) is 1. The number of carbonyl (C=O) groups is 1. The average molecular weight is 238 g/mol. The predicted molar refractivity (Wildman–Crippen MR) is 72.7 cm³/mol. The van der Waals surface area contributed by atoms with E-state index in [2.05, 4.69) is 4.98 Å². The number of benzene rings is 1. The van der Waals surface area contributed by atoms with Crippen molar-refractivity contribution in [1.82, 2.24) is 4.98 Å². The third-order valence-electron chi connectivity index (χ3n) is 2.72. The minimum Gasteiger partial charge on any atom is -0.366 e. The summed E-state index contributed by atoms with van der Waals surface area (Å²) in [6, 6.07) is 11.8. The molecule has 0 fully saturated rings. The van der Waals surface area contributed by atoms with Crippen molar-refractivity contribution in [1.29, 1.82) is 0 Å². The van der Waals surface area contributed by atoms with Crippen LogP contribution in [0, 0.1) is 0 Å². The molecule has 1 amide bonds. The number of amides is 1. The number of hydrogen-bond acceptors (Lipinski definition) is 2. The number of hydrogen-bond donors (Lipinski definition) is 1. The zero-order valence-corrected chi connectivity index (χ0v) is 10.1. The van der Waals surface area contributed by atoms with Gasteiger partial charge in [0.15, 0.2) is 0 Å². The van der Waals surface area contributed by atoms with Crippen LogP contribution in [-0.4, -0.2) is 10.9 Å². The van der Waals surface area contributed by atoms with E-state index in [0.717, 1.165) is 16.7 Å². The largest absolute Gasteiger partial charge is 0.366 e. The molecule has 1 aromatic heterocycles. The first-order chi connectivity index (χ1) is 8.68. The van der Waals surface area contributed by atoms with Crippen molar-refractivity contribution in [3.05, 3.63) is 65.5 Å². The topological polar surface area (TPSA) is 56.0 Å². The molecule has 0 aliphatic heterocycles. The fourth-order valence-corrected chi connectivity index (χ4v) is 1.75. The maximum atomic E-state index is 11.3. The Hall–Kier alpha value is -2.42. The van der Waals surface area contributed by atoms with E-state index in [1.165, 1.54) is 6.20 Å². The second kappa shape index (κ2) is 5.27. The molecule has 3 heteroatoms. The number of nitrogens with zero attached hydrogens (tertiary/aromatic N) is 1. The van der Waals surface area contributed by atoms with Crippen LogP contribution < -0.4 is 5.73 Å². The van der Waals surface area contributed by atoms with Crippen LogP contribution in [0.5, 0.6) is 0 Å². The number of pyridine rings is 1. The summed E-state index contributed by atoms with van der Waals surface area (Å²) in [5.74, 6) is -0.463. The molecule has 3 nitrogen and oxygen atoms in total. The number of aromatic nitrogens is 1. The van der Waals surface area contributed by atoms with Crippen LogP contribution in [0.1, 0.15) is 28.4 Å². The molecule has 0 unspecified atom stereocenters. The highest BCUT2D eigenvalue weighted by molar-refractivity contribution is 5.98. The van der Waals surface area contributed by atoms with Gasteiger partial charge in [-0.15, -0.1) is 0 Å². The van der Waals surface area contributed by atoms with Gasteiger partial charge in [0.25, 0.3) is 5.91 Å². The van der Waals surface area contributed by atoms with Crippen molar-refractivity contribution < 1.29 is 4.79 Å². The van der Waals surface area contributed by atoms with Gasteiger partial charge in [-0.2, -0.15) is 0 Å². The molecule has 0 aliphatic rings. The third kappa shape index (κ3) is 2.63. The molecule has 2 aromatic rings. The van der Waals surface area contributed by atoms with Crippen LogP contribution in [0.15, 0.2) is 48.8 Å². The summed E-state index contributed by atoms with van der Waals surface area (Å²) in [4.78, 5) is 15.2. The standard InChI is InChI=1S/C15H14N2O/c1-11(12-5-3-2-4-6-12)9-13-7-8-17-10-14(13)15(16)18/h2-10H,1H3,(H2,16,18)/b11-9+. The molecule has 0 spiro atoms. The molecule has 2 N–H and O–H groups in total. The lowest BCUT2D eigenvalue weighted by atomic mass is 10.0. The lowest BCUT2D eigenvalue weighted by Crippen LogP contribution is -2.12. The maximum absolute atomic E-state index is 11.3. The van der Waals surface area contributed by atoms with E-state index in [1.807, 2.05) is 43.3 Å². The van der Waals surface area contributed by atoms with E-state index in [-0.39, 0.29) is 0 Å². The van der Waals surface area contributed by atoms with Crippen molar-refractivity contribution in [3.8, 4) is 0 Å². The average Bonchev–Trinajstić information content (AvgIpc) is 2.40. The second-order valence-corrected chi connectivity index (χ2v) is 4.02. The highest BCUT2D eigenvalue weighted by Gasteiger charge is 2.06. The van der Waals surface area contributed by atoms with Crippen LogP contribution in [0.4, 0.5) is 0 Å². The van der Waals surface area contributed by atoms with Crippen LogP contribution in [0.2, 0.25) is 0 Å². The summed E-state index contributed by atoms with van der Waals surface area (Å²) < 4.78 is 0. The van der Waals surface area contributed by atoms with Gasteiger partial charge in [-0.1, -0.05) is 36.4 Å². The van der Waals surface area contributed by atoms with Gasteiger partial charge in [0, 0.05) is 12.4 Å². The lowest BCUT2D eigenvalue weighted by Gasteiger charge is -2.04. The summed E-state index contributed by atoms with van der Waals surface area (Å²) in [5.41, 5.74) is 8.74. The molecule has 18 heavy (non-hydrogen) atoms. The number of rotatable bonds is 3. The highest BCUT2D eigenvalue weighted by Crippen LogP contribution is 2.18. The number of allylic oxidation sites excluding steroid dienone is 1. The molecule has 0 radical (unpaired) electrons. The van der Waals surface area contributed by atoms with Crippen molar-refractivity contribution in [2.24, 2.45) is 5.73 Å². The maximum Gasteiger partial charge on any atom is 0.250 e. The van der Waals surface area contributed by atoms with Crippen LogP contribution >= 0.6 is 0 Å². The van der Waals surface area contributed by atoms with E-state index in [9.17, 15) is 4.79 Å². The van der Waals surface area contributed by atoms with Crippen molar-refractivity contribution >= 4 is 17.6 Å². The number of carbonyl (C=O) groups excluding carboxylic acids is 1. The van der Waals surface area contributed by atoms with Gasteiger partial charge >= 0.3 is 0 Å². The van der Waals surface area contributed by atoms with Crippen LogP contribution in [0.3, 0.4) is 0 Å². The SMILES string of the molecule is C/C(=C\c1ccncc1C(N)=O)c1ccccc1. The molecule has 2 rings (SSSR count). The fraction of sp³-hybridized carbons (Fsp3) is 0.0667. The van der Waals surface area contributed by atoms with Crippen molar-refractivity contribution in [2.45, 2.75) is 6.92 Å². The summed E-state index contributed by atoms with van der Waals surface area (Å²) in [7, 11) is 0. The van der Waals surface area contributed by atoms with Gasteiger partial charge in [0.05, 0.1) is 5.56 Å². The molecule has 0 atom stereocenters. The molecule has 0 saturated heterocycles. The summed E-state index contributed by atoms with van der Waals surface area (Å²) in [6.07, 6.45) is 5.08. The molecule has 0 aliphatic carbocycles. The summed E-state index contributed by atoms with van der Waals surface area (Å²) in [5, 5.41) is 0. The van der Waals surface area contributed by atoms with Crippen molar-refractivity contribution in [2.75, 3.05) is 0 Å². The highest BCUT2D eigenvalue weighted by atomic mass is 16.1. The first-order valence-electron chi connectivity index (χ1n) is 5.66. The Bertz CT molecular complexity index is 588. The molecule has 1 heterocycles. The quantitative estimate of drug-likeness (QED) is 0.893. The minimum absolute atomic E-state index is 0.438. The Morgan fingerprint density at radius 2 is 1.94 bits per heavy atom. The van der Waals surface area contributed by atoms with Gasteiger partial charge < -0.3 is 5.73 Å². The molecular weight excluding hydrogens is 224 g/mol. The first-order valence-corrected chi connectivity index (χ1v) is 5.66. The molecule has 0 saturated carbocycles. The van der Waals surface area contributed by atoms with Gasteiger partial charge in [0.2, 0.25) is 0 Å². The van der Waals surface area contributed by atoms with Crippen molar-refractivity contribution in [3.63, 3.8) is 0 Å². The van der Waals surface area contributed by atoms with Gasteiger partial charge in [-0.05, 0) is 29.7 Å². The summed E-state index contributed by atoms with van der Waals surface area (Å²) in [6.45, 7) is 2.00. The molecule has 90 valence electrons. The third-order valence-corrected chi connectivity index (χ3v) is 2.72. The fourth-order valence-electron chi connectivity index (χ4n) is 1.75. The van der Waals surface area contributed by atoms with Crippen LogP contribution in [-0.2, 0) is 0 Å². The predicted octanol–water partition coefficient (Wildman–Crippen LogP) is 2.74. The van der Waals surface area contributed by atoms with E-state index in [4.69, 9.17) is 5.73 Å². The molecular formula is C15H14N2O. The Kier molecular flexibility index (Phi) is 3.53. The van der Waals surface area contributed by atoms with Gasteiger partial charge in [0.1, 0.15) is 0 Å². The molecule has 0 bridgehead atoms. The van der Waals surface area contributed by atoms with E-state index in [1.54, 1.807) is 12.3 Å². The normalized spacial score (nSPS) is 11.3. The van der Waals surface area contributed by atoms with Gasteiger partial charge in [-0.25, -0.2) is 0 Å². The lowest BCUT2D eigenvalue weighted by molar-refractivity contribution is 0.1000. The second-order valence-electron chi connectivity index (χ2n) is 4.02. The minimum atomic E-state index is -0.463.